The number of nitrogens with two attached hydrogens (primary N) is 3. The van der Waals surface area contributed by atoms with Crippen LogP contribution in [0, 0.1) is 6.92 Å². The summed E-state index contributed by atoms with van der Waals surface area (Å²) in [4.78, 5) is 8.31. The lowest BCUT2D eigenvalue weighted by Gasteiger charge is -2.10. The molecule has 0 spiro atoms. The van der Waals surface area contributed by atoms with E-state index in [0.717, 1.165) is 33.3 Å². The average molecular weight is 280 g/mol. The minimum absolute atomic E-state index is 0.184. The highest BCUT2D eigenvalue weighted by Crippen LogP contribution is 2.30. The zero-order chi connectivity index (χ0) is 15.0. The number of nitrogens with one attached hydrogen (secondary N) is 1. The number of hydrogen-bond acceptors (Lipinski definition) is 6. The van der Waals surface area contributed by atoms with E-state index >= 15 is 0 Å². The van der Waals surface area contributed by atoms with E-state index in [0.29, 0.717) is 5.82 Å². The fraction of sp³-hybridized carbons (Fsp3) is 0.0667. The molecule has 0 saturated carbocycles. The molecule has 6 nitrogen and oxygen atoms in total. The molecule has 0 bridgehead atoms. The average Bonchev–Trinajstić information content (AvgIpc) is 2.48. The lowest BCUT2D eigenvalue weighted by molar-refractivity contribution is 1.19. The van der Waals surface area contributed by atoms with Gasteiger partial charge in [-0.15, -0.1) is 0 Å². The summed E-state index contributed by atoms with van der Waals surface area (Å²) in [6, 6.07) is 11.7. The first-order chi connectivity index (χ1) is 10.1. The van der Waals surface area contributed by atoms with Gasteiger partial charge in [0.2, 0.25) is 5.95 Å². The van der Waals surface area contributed by atoms with Crippen LogP contribution in [-0.4, -0.2) is 9.97 Å². The standard InChI is InChI=1S/C15H16N6/c1-8-2-4-10(16)7-11(8)9-3-5-13-12(6-9)14(21-18)20-15(17)19-13/h2-7H,16,18H2,1H3,(H3,17,19,20,21). The zero-order valence-corrected chi connectivity index (χ0v) is 11.6. The van der Waals surface area contributed by atoms with Crippen molar-refractivity contribution in [2.45, 2.75) is 6.92 Å². The van der Waals surface area contributed by atoms with Crippen molar-refractivity contribution in [2.75, 3.05) is 16.9 Å². The Hall–Kier alpha value is -2.86. The first-order valence-electron chi connectivity index (χ1n) is 6.49. The third kappa shape index (κ3) is 2.32. The normalized spacial score (nSPS) is 10.8. The maximum Gasteiger partial charge on any atom is 0.222 e. The van der Waals surface area contributed by atoms with Crippen molar-refractivity contribution in [3.8, 4) is 11.1 Å². The van der Waals surface area contributed by atoms with Gasteiger partial charge < -0.3 is 16.9 Å². The van der Waals surface area contributed by atoms with E-state index in [2.05, 4.69) is 15.4 Å². The molecule has 0 radical (unpaired) electrons. The maximum atomic E-state index is 5.88. The predicted octanol–water partition coefficient (Wildman–Crippen LogP) is 2.06. The topological polar surface area (TPSA) is 116 Å². The number of hydrazine groups is 1. The second kappa shape index (κ2) is 4.92. The zero-order valence-electron chi connectivity index (χ0n) is 11.6. The van der Waals surface area contributed by atoms with Gasteiger partial charge in [-0.1, -0.05) is 12.1 Å². The molecular weight excluding hydrogens is 264 g/mol. The fourth-order valence-electron chi connectivity index (χ4n) is 2.37. The van der Waals surface area contributed by atoms with Crippen LogP contribution in [0.15, 0.2) is 36.4 Å². The Bertz CT molecular complexity index is 828. The van der Waals surface area contributed by atoms with E-state index < -0.39 is 0 Å². The van der Waals surface area contributed by atoms with Crippen molar-refractivity contribution in [3.63, 3.8) is 0 Å². The van der Waals surface area contributed by atoms with E-state index in [-0.39, 0.29) is 5.95 Å². The van der Waals surface area contributed by atoms with Crippen LogP contribution in [0.1, 0.15) is 5.56 Å². The van der Waals surface area contributed by atoms with Crippen molar-refractivity contribution in [1.29, 1.82) is 0 Å². The number of anilines is 3. The molecule has 7 N–H and O–H groups in total. The summed E-state index contributed by atoms with van der Waals surface area (Å²) in [5.41, 5.74) is 18.8. The first kappa shape index (κ1) is 13.1. The van der Waals surface area contributed by atoms with Gasteiger partial charge in [-0.3, -0.25) is 0 Å². The molecule has 0 saturated heterocycles. The molecule has 0 aliphatic carbocycles. The molecule has 0 amide bonds. The molecule has 1 heterocycles. The summed E-state index contributed by atoms with van der Waals surface area (Å²) in [6.45, 7) is 2.04. The fourth-order valence-corrected chi connectivity index (χ4v) is 2.37. The van der Waals surface area contributed by atoms with Gasteiger partial charge in [-0.25, -0.2) is 10.8 Å². The Morgan fingerprint density at radius 2 is 1.81 bits per heavy atom. The van der Waals surface area contributed by atoms with Crippen LogP contribution < -0.4 is 22.7 Å². The van der Waals surface area contributed by atoms with Gasteiger partial charge in [0.15, 0.2) is 5.82 Å². The monoisotopic (exact) mass is 280 g/mol. The molecule has 6 heteroatoms. The van der Waals surface area contributed by atoms with Crippen molar-refractivity contribution < 1.29 is 0 Å². The van der Waals surface area contributed by atoms with Gasteiger partial charge in [0.25, 0.3) is 0 Å². The van der Waals surface area contributed by atoms with Gasteiger partial charge in [0.1, 0.15) is 0 Å². The molecule has 0 aliphatic heterocycles. The molecular formula is C15H16N6. The van der Waals surface area contributed by atoms with E-state index in [1.165, 1.54) is 0 Å². The first-order valence-corrected chi connectivity index (χ1v) is 6.49. The number of rotatable bonds is 2. The highest BCUT2D eigenvalue weighted by molar-refractivity contribution is 5.93. The largest absolute Gasteiger partial charge is 0.399 e. The third-order valence-corrected chi connectivity index (χ3v) is 3.42. The molecule has 3 rings (SSSR count). The number of aromatic nitrogens is 2. The van der Waals surface area contributed by atoms with Crippen molar-refractivity contribution in [1.82, 2.24) is 9.97 Å². The lowest BCUT2D eigenvalue weighted by Crippen LogP contribution is -2.11. The third-order valence-electron chi connectivity index (χ3n) is 3.42. The minimum atomic E-state index is 0.184. The Morgan fingerprint density at radius 3 is 2.57 bits per heavy atom. The van der Waals surface area contributed by atoms with Crippen molar-refractivity contribution in [3.05, 3.63) is 42.0 Å². The summed E-state index contributed by atoms with van der Waals surface area (Å²) < 4.78 is 0. The number of benzene rings is 2. The molecule has 0 aliphatic rings. The summed E-state index contributed by atoms with van der Waals surface area (Å²) in [7, 11) is 0. The van der Waals surface area contributed by atoms with Gasteiger partial charge >= 0.3 is 0 Å². The van der Waals surface area contributed by atoms with Gasteiger partial charge in [0.05, 0.1) is 5.52 Å². The molecule has 0 unspecified atom stereocenters. The van der Waals surface area contributed by atoms with Crippen LogP contribution in [0.2, 0.25) is 0 Å². The van der Waals surface area contributed by atoms with Crippen LogP contribution in [0.5, 0.6) is 0 Å². The van der Waals surface area contributed by atoms with Crippen LogP contribution >= 0.6 is 0 Å². The number of aryl methyl sites for hydroxylation is 1. The number of fused-ring (bicyclic) bond motifs is 1. The molecule has 0 atom stereocenters. The van der Waals surface area contributed by atoms with Gasteiger partial charge in [0, 0.05) is 11.1 Å². The SMILES string of the molecule is Cc1ccc(N)cc1-c1ccc2nc(N)nc(NN)c2c1. The summed E-state index contributed by atoms with van der Waals surface area (Å²) >= 11 is 0. The van der Waals surface area contributed by atoms with E-state index in [9.17, 15) is 0 Å². The summed E-state index contributed by atoms with van der Waals surface area (Å²) in [5.74, 6) is 6.20. The molecule has 3 aromatic rings. The molecule has 0 fully saturated rings. The summed E-state index contributed by atoms with van der Waals surface area (Å²) in [5, 5.41) is 0.811. The molecule has 2 aromatic carbocycles. The maximum absolute atomic E-state index is 5.88. The smallest absolute Gasteiger partial charge is 0.222 e. The molecule has 21 heavy (non-hydrogen) atoms. The summed E-state index contributed by atoms with van der Waals surface area (Å²) in [6.07, 6.45) is 0. The Labute approximate surface area is 122 Å². The molecule has 106 valence electrons. The number of nitrogens with zero attached hydrogens (tertiary/aromatic N) is 2. The highest BCUT2D eigenvalue weighted by Gasteiger charge is 2.09. The Balaban J connectivity index is 2.25. The van der Waals surface area contributed by atoms with Crippen LogP contribution in [0.25, 0.3) is 22.0 Å². The van der Waals surface area contributed by atoms with Crippen LogP contribution in [-0.2, 0) is 0 Å². The number of nitrogen functional groups attached to an aromatic ring is 3. The Morgan fingerprint density at radius 1 is 1.00 bits per heavy atom. The van der Waals surface area contributed by atoms with E-state index in [1.807, 2.05) is 43.3 Å². The van der Waals surface area contributed by atoms with E-state index in [1.54, 1.807) is 0 Å². The van der Waals surface area contributed by atoms with Crippen molar-refractivity contribution in [2.24, 2.45) is 5.84 Å². The van der Waals surface area contributed by atoms with Crippen LogP contribution in [0.3, 0.4) is 0 Å². The van der Waals surface area contributed by atoms with Crippen LogP contribution in [0.4, 0.5) is 17.5 Å². The predicted molar refractivity (Wildman–Crippen MR) is 86.3 cm³/mol. The van der Waals surface area contributed by atoms with E-state index in [4.69, 9.17) is 17.3 Å². The quantitative estimate of drug-likeness (QED) is 0.324. The van der Waals surface area contributed by atoms with Gasteiger partial charge in [-0.2, -0.15) is 4.98 Å². The Kier molecular flexibility index (Phi) is 3.08. The second-order valence-corrected chi connectivity index (χ2v) is 4.88. The minimum Gasteiger partial charge on any atom is -0.399 e. The highest BCUT2D eigenvalue weighted by atomic mass is 15.3. The lowest BCUT2D eigenvalue weighted by atomic mass is 9.98. The second-order valence-electron chi connectivity index (χ2n) is 4.88. The van der Waals surface area contributed by atoms with Crippen molar-refractivity contribution >= 4 is 28.4 Å². The molecule has 1 aromatic heterocycles. The number of hydrogen-bond donors (Lipinski definition) is 4. The van der Waals surface area contributed by atoms with Gasteiger partial charge in [-0.05, 0) is 47.9 Å².